The Hall–Kier alpha value is -3.28. The minimum Gasteiger partial charge on any atom is -0.491 e. The number of aliphatic hydroxyl groups is 1. The summed E-state index contributed by atoms with van der Waals surface area (Å²) in [7, 11) is 0. The van der Waals surface area contributed by atoms with Gasteiger partial charge >= 0.3 is 0 Å². The van der Waals surface area contributed by atoms with E-state index in [1.54, 1.807) is 0 Å². The van der Waals surface area contributed by atoms with Crippen LogP contribution < -0.4 is 19.5 Å². The molecule has 1 aliphatic heterocycles. The van der Waals surface area contributed by atoms with Gasteiger partial charge < -0.3 is 24.6 Å². The lowest BCUT2D eigenvalue weighted by molar-refractivity contribution is 0.107. The Balaban J connectivity index is 1.66. The average Bonchev–Trinajstić information content (AvgIpc) is 3.33. The molecule has 0 saturated heterocycles. The van der Waals surface area contributed by atoms with Crippen LogP contribution in [0.3, 0.4) is 0 Å². The van der Waals surface area contributed by atoms with Crippen molar-refractivity contribution in [2.75, 3.05) is 26.5 Å². The fourth-order valence-electron chi connectivity index (χ4n) is 4.01. The molecule has 0 amide bonds. The predicted molar refractivity (Wildman–Crippen MR) is 132 cm³/mol. The smallest absolute Gasteiger partial charge is 0.231 e. The molecule has 5 nitrogen and oxygen atoms in total. The molecular weight excluding hydrogens is 414 g/mol. The summed E-state index contributed by atoms with van der Waals surface area (Å²) in [6.45, 7) is 6.05. The molecule has 5 heteroatoms. The lowest BCUT2D eigenvalue weighted by atomic mass is 9.88. The molecule has 1 heterocycles. The summed E-state index contributed by atoms with van der Waals surface area (Å²) in [5.74, 6) is 2.31. The number of rotatable bonds is 10. The number of allylic oxidation sites excluding steroid dienone is 1. The zero-order chi connectivity index (χ0) is 23.0. The van der Waals surface area contributed by atoms with E-state index < -0.39 is 6.10 Å². The minimum atomic E-state index is -0.540. The average molecular weight is 446 g/mol. The standard InChI is InChI=1S/C28H31NO4/c1-3-25(22-12-15-26-27(16-22)33-19-32-26)28(20-8-6-5-7-9-20)21-10-13-24(14-11-21)31-18-23(30)17-29-4-2/h5-16,23,29-30H,3-4,17-19H2,1-2H3/b28-25-. The van der Waals surface area contributed by atoms with E-state index in [1.165, 1.54) is 11.1 Å². The van der Waals surface area contributed by atoms with Gasteiger partial charge in [0.15, 0.2) is 11.5 Å². The highest BCUT2D eigenvalue weighted by Gasteiger charge is 2.18. The minimum absolute atomic E-state index is 0.255. The predicted octanol–water partition coefficient (Wildman–Crippen LogP) is 5.13. The summed E-state index contributed by atoms with van der Waals surface area (Å²) in [6.07, 6.45) is 0.320. The van der Waals surface area contributed by atoms with E-state index in [0.29, 0.717) is 6.54 Å². The number of likely N-dealkylation sites (N-methyl/N-ethyl adjacent to an activating group) is 1. The summed E-state index contributed by atoms with van der Waals surface area (Å²) >= 11 is 0. The van der Waals surface area contributed by atoms with E-state index in [2.05, 4.69) is 60.8 Å². The van der Waals surface area contributed by atoms with Crippen LogP contribution in [-0.4, -0.2) is 37.7 Å². The Bertz CT molecular complexity index is 1080. The van der Waals surface area contributed by atoms with Gasteiger partial charge in [0.1, 0.15) is 18.5 Å². The highest BCUT2D eigenvalue weighted by molar-refractivity contribution is 5.98. The second kappa shape index (κ2) is 11.0. The second-order valence-electron chi connectivity index (χ2n) is 7.94. The molecule has 0 aliphatic carbocycles. The van der Waals surface area contributed by atoms with Crippen LogP contribution in [-0.2, 0) is 0 Å². The normalized spacial score (nSPS) is 14.0. The number of hydrogen-bond donors (Lipinski definition) is 2. The van der Waals surface area contributed by atoms with E-state index in [0.717, 1.165) is 46.9 Å². The summed E-state index contributed by atoms with van der Waals surface area (Å²) in [4.78, 5) is 0. The SMILES string of the molecule is CCNCC(O)COc1ccc(/C(=C(/CC)c2ccc3c(c2)OCO3)c2ccccc2)cc1. The van der Waals surface area contributed by atoms with Gasteiger partial charge in [-0.3, -0.25) is 0 Å². The van der Waals surface area contributed by atoms with Crippen LogP contribution >= 0.6 is 0 Å². The summed E-state index contributed by atoms with van der Waals surface area (Å²) < 4.78 is 16.9. The zero-order valence-corrected chi connectivity index (χ0v) is 19.2. The van der Waals surface area contributed by atoms with Crippen molar-refractivity contribution in [2.45, 2.75) is 26.4 Å². The number of aliphatic hydroxyl groups excluding tert-OH is 1. The van der Waals surface area contributed by atoms with Gasteiger partial charge in [-0.05, 0) is 65.1 Å². The zero-order valence-electron chi connectivity index (χ0n) is 19.2. The van der Waals surface area contributed by atoms with E-state index >= 15 is 0 Å². The fraction of sp³-hybridized carbons (Fsp3) is 0.286. The lowest BCUT2D eigenvalue weighted by Gasteiger charge is -2.17. The second-order valence-corrected chi connectivity index (χ2v) is 7.94. The monoisotopic (exact) mass is 445 g/mol. The van der Waals surface area contributed by atoms with Crippen molar-refractivity contribution in [1.29, 1.82) is 0 Å². The van der Waals surface area contributed by atoms with Crippen LogP contribution in [0.1, 0.15) is 37.0 Å². The van der Waals surface area contributed by atoms with Gasteiger partial charge in [0.05, 0.1) is 0 Å². The summed E-state index contributed by atoms with van der Waals surface area (Å²) in [5, 5.41) is 13.1. The first-order valence-corrected chi connectivity index (χ1v) is 11.5. The molecule has 0 aromatic heterocycles. The molecule has 4 rings (SSSR count). The first kappa shape index (κ1) is 22.9. The van der Waals surface area contributed by atoms with Crippen LogP contribution in [0.25, 0.3) is 11.1 Å². The van der Waals surface area contributed by atoms with E-state index in [4.69, 9.17) is 14.2 Å². The molecule has 0 radical (unpaired) electrons. The van der Waals surface area contributed by atoms with Gasteiger partial charge in [0, 0.05) is 6.54 Å². The van der Waals surface area contributed by atoms with Gasteiger partial charge in [-0.25, -0.2) is 0 Å². The number of ether oxygens (including phenoxy) is 3. The van der Waals surface area contributed by atoms with Gasteiger partial charge in [0.2, 0.25) is 6.79 Å². The Morgan fingerprint density at radius 3 is 2.33 bits per heavy atom. The Kier molecular flexibility index (Phi) is 7.66. The van der Waals surface area contributed by atoms with Crippen LogP contribution in [0.4, 0.5) is 0 Å². The molecule has 3 aromatic rings. The van der Waals surface area contributed by atoms with Crippen molar-refractivity contribution in [2.24, 2.45) is 0 Å². The molecule has 172 valence electrons. The lowest BCUT2D eigenvalue weighted by Crippen LogP contribution is -2.31. The molecule has 3 aromatic carbocycles. The highest BCUT2D eigenvalue weighted by Crippen LogP contribution is 2.39. The molecule has 0 bridgehead atoms. The van der Waals surface area contributed by atoms with Crippen molar-refractivity contribution in [3.63, 3.8) is 0 Å². The van der Waals surface area contributed by atoms with Crippen LogP contribution in [0.2, 0.25) is 0 Å². The number of fused-ring (bicyclic) bond motifs is 1. The third-order valence-corrected chi connectivity index (χ3v) is 5.65. The van der Waals surface area contributed by atoms with Crippen LogP contribution in [0.15, 0.2) is 72.8 Å². The maximum absolute atomic E-state index is 10.0. The summed E-state index contributed by atoms with van der Waals surface area (Å²) in [6, 6.07) is 24.7. The molecule has 1 unspecified atom stereocenters. The first-order chi connectivity index (χ1) is 16.2. The topological polar surface area (TPSA) is 60.0 Å². The third kappa shape index (κ3) is 5.56. The van der Waals surface area contributed by atoms with E-state index in [-0.39, 0.29) is 13.4 Å². The molecule has 0 saturated carbocycles. The summed E-state index contributed by atoms with van der Waals surface area (Å²) in [5.41, 5.74) is 5.79. The Morgan fingerprint density at radius 1 is 0.909 bits per heavy atom. The molecule has 1 aliphatic rings. The molecule has 2 N–H and O–H groups in total. The van der Waals surface area contributed by atoms with Crippen LogP contribution in [0, 0.1) is 0 Å². The third-order valence-electron chi connectivity index (χ3n) is 5.65. The van der Waals surface area contributed by atoms with Gasteiger partial charge in [-0.2, -0.15) is 0 Å². The molecule has 1 atom stereocenters. The van der Waals surface area contributed by atoms with Crippen LogP contribution in [0.5, 0.6) is 17.2 Å². The maximum atomic E-state index is 10.0. The van der Waals surface area contributed by atoms with Crippen molar-refractivity contribution in [1.82, 2.24) is 5.32 Å². The van der Waals surface area contributed by atoms with Crippen molar-refractivity contribution in [3.8, 4) is 17.2 Å². The van der Waals surface area contributed by atoms with Gasteiger partial charge in [0.25, 0.3) is 0 Å². The largest absolute Gasteiger partial charge is 0.491 e. The molecular formula is C28H31NO4. The van der Waals surface area contributed by atoms with Crippen molar-refractivity contribution in [3.05, 3.63) is 89.5 Å². The number of benzene rings is 3. The Morgan fingerprint density at radius 2 is 1.61 bits per heavy atom. The highest BCUT2D eigenvalue weighted by atomic mass is 16.7. The van der Waals surface area contributed by atoms with E-state index in [9.17, 15) is 5.11 Å². The van der Waals surface area contributed by atoms with Crippen molar-refractivity contribution >= 4 is 11.1 Å². The van der Waals surface area contributed by atoms with Gasteiger partial charge in [-0.1, -0.05) is 62.4 Å². The van der Waals surface area contributed by atoms with E-state index in [1.807, 2.05) is 31.2 Å². The van der Waals surface area contributed by atoms with Crippen molar-refractivity contribution < 1.29 is 19.3 Å². The maximum Gasteiger partial charge on any atom is 0.231 e. The molecule has 0 spiro atoms. The molecule has 33 heavy (non-hydrogen) atoms. The number of hydrogen-bond acceptors (Lipinski definition) is 5. The molecule has 0 fully saturated rings. The quantitative estimate of drug-likeness (QED) is 0.424. The number of nitrogens with one attached hydrogen (secondary N) is 1. The van der Waals surface area contributed by atoms with Gasteiger partial charge in [-0.15, -0.1) is 0 Å². The fourth-order valence-corrected chi connectivity index (χ4v) is 4.01. The Labute approximate surface area is 195 Å². The first-order valence-electron chi connectivity index (χ1n) is 11.5.